The summed E-state index contributed by atoms with van der Waals surface area (Å²) in [6.07, 6.45) is -4.36. The van der Waals surface area contributed by atoms with Crippen molar-refractivity contribution in [1.82, 2.24) is 4.72 Å². The van der Waals surface area contributed by atoms with Crippen LogP contribution in [-0.4, -0.2) is 21.3 Å². The number of alkyl halides is 3. The van der Waals surface area contributed by atoms with E-state index in [0.717, 1.165) is 17.0 Å². The molecule has 4 nitrogen and oxygen atoms in total. The lowest BCUT2D eigenvalue weighted by Crippen LogP contribution is -2.26. The molecule has 1 heterocycles. The highest BCUT2D eigenvalue weighted by Crippen LogP contribution is 2.24. The Morgan fingerprint density at radius 2 is 1.95 bits per heavy atom. The van der Waals surface area contributed by atoms with E-state index >= 15 is 0 Å². The molecule has 0 spiro atoms. The first-order valence-corrected chi connectivity index (χ1v) is 8.50. The minimum absolute atomic E-state index is 0.160. The Labute approximate surface area is 129 Å². The van der Waals surface area contributed by atoms with Crippen molar-refractivity contribution in [2.75, 3.05) is 6.54 Å². The summed E-state index contributed by atoms with van der Waals surface area (Å²) in [6, 6.07) is 7.99. The van der Waals surface area contributed by atoms with E-state index in [4.69, 9.17) is 0 Å². The molecular weight excluding hydrogens is 339 g/mol. The molecule has 0 bridgehead atoms. The van der Waals surface area contributed by atoms with Crippen molar-refractivity contribution >= 4 is 21.4 Å². The maximum atomic E-state index is 12.1. The lowest BCUT2D eigenvalue weighted by molar-refractivity contribution is -0.274. The van der Waals surface area contributed by atoms with Gasteiger partial charge in [-0.1, -0.05) is 12.1 Å². The predicted molar refractivity (Wildman–Crippen MR) is 76.3 cm³/mol. The fourth-order valence-corrected chi connectivity index (χ4v) is 3.46. The number of ether oxygens (including phenoxy) is 1. The molecule has 0 unspecified atom stereocenters. The third-order valence-electron chi connectivity index (χ3n) is 2.59. The molecule has 9 heteroatoms. The number of hydrogen-bond donors (Lipinski definition) is 1. The Kier molecular flexibility index (Phi) is 5.09. The molecule has 0 saturated heterocycles. The minimum atomic E-state index is -4.87. The molecule has 0 aliphatic heterocycles. The Bertz CT molecular complexity index is 712. The van der Waals surface area contributed by atoms with Crippen LogP contribution in [0.4, 0.5) is 13.2 Å². The average molecular weight is 351 g/mol. The molecule has 22 heavy (non-hydrogen) atoms. The van der Waals surface area contributed by atoms with Gasteiger partial charge >= 0.3 is 6.36 Å². The van der Waals surface area contributed by atoms with Crippen LogP contribution in [0, 0.1) is 0 Å². The highest BCUT2D eigenvalue weighted by atomic mass is 32.2. The second-order valence-electron chi connectivity index (χ2n) is 4.25. The Hall–Kier alpha value is -1.58. The van der Waals surface area contributed by atoms with Gasteiger partial charge in [0.1, 0.15) is 5.75 Å². The van der Waals surface area contributed by atoms with Gasteiger partial charge < -0.3 is 4.74 Å². The second kappa shape index (κ2) is 6.67. The number of rotatable bonds is 6. The summed E-state index contributed by atoms with van der Waals surface area (Å²) in [7, 11) is -3.88. The van der Waals surface area contributed by atoms with E-state index in [2.05, 4.69) is 9.46 Å². The minimum Gasteiger partial charge on any atom is -0.406 e. The van der Waals surface area contributed by atoms with Crippen LogP contribution in [0.25, 0.3) is 0 Å². The van der Waals surface area contributed by atoms with E-state index in [-0.39, 0.29) is 11.4 Å². The van der Waals surface area contributed by atoms with Gasteiger partial charge in [-0.15, -0.1) is 24.5 Å². The van der Waals surface area contributed by atoms with Crippen LogP contribution in [0.1, 0.15) is 4.88 Å². The summed E-state index contributed by atoms with van der Waals surface area (Å²) in [5, 5.41) is 1.88. The van der Waals surface area contributed by atoms with Crippen LogP contribution in [-0.2, 0) is 16.4 Å². The fraction of sp³-hybridized carbons (Fsp3) is 0.231. The summed E-state index contributed by atoms with van der Waals surface area (Å²) < 4.78 is 66.6. The maximum absolute atomic E-state index is 12.1. The van der Waals surface area contributed by atoms with Crippen LogP contribution in [0.15, 0.2) is 46.7 Å². The SMILES string of the molecule is O=S(=O)(NCCc1cccs1)c1cccc(OC(F)(F)F)c1. The van der Waals surface area contributed by atoms with Gasteiger partial charge in [-0.05, 0) is 30.0 Å². The third kappa shape index (κ3) is 5.00. The molecule has 2 aromatic rings. The predicted octanol–water partition coefficient (Wildman–Crippen LogP) is 3.17. The van der Waals surface area contributed by atoms with Gasteiger partial charge in [-0.25, -0.2) is 13.1 Å². The van der Waals surface area contributed by atoms with E-state index in [9.17, 15) is 21.6 Å². The lowest BCUT2D eigenvalue weighted by Gasteiger charge is -2.11. The van der Waals surface area contributed by atoms with Gasteiger partial charge in [0.25, 0.3) is 0 Å². The molecule has 0 aliphatic rings. The van der Waals surface area contributed by atoms with Gasteiger partial charge in [-0.2, -0.15) is 0 Å². The molecule has 0 fully saturated rings. The van der Waals surface area contributed by atoms with Crippen molar-refractivity contribution in [3.05, 3.63) is 46.7 Å². The van der Waals surface area contributed by atoms with E-state index < -0.39 is 22.1 Å². The van der Waals surface area contributed by atoms with Crippen molar-refractivity contribution in [1.29, 1.82) is 0 Å². The topological polar surface area (TPSA) is 55.4 Å². The first-order chi connectivity index (χ1) is 10.3. The summed E-state index contributed by atoms with van der Waals surface area (Å²) in [5.41, 5.74) is 0. The standard InChI is InChI=1S/C13H12F3NO3S2/c14-13(15,16)20-10-3-1-5-12(9-10)22(18,19)17-7-6-11-4-2-8-21-11/h1-5,8-9,17H,6-7H2. The molecule has 0 amide bonds. The normalized spacial score (nSPS) is 12.3. The van der Waals surface area contributed by atoms with Crippen LogP contribution < -0.4 is 9.46 Å². The quantitative estimate of drug-likeness (QED) is 0.870. The molecule has 0 radical (unpaired) electrons. The zero-order valence-corrected chi connectivity index (χ0v) is 12.8. The van der Waals surface area contributed by atoms with Crippen LogP contribution in [0.3, 0.4) is 0 Å². The Balaban J connectivity index is 2.03. The summed E-state index contributed by atoms with van der Waals surface area (Å²) in [4.78, 5) is 0.734. The number of sulfonamides is 1. The smallest absolute Gasteiger partial charge is 0.406 e. The summed E-state index contributed by atoms with van der Waals surface area (Å²) in [5.74, 6) is -0.575. The number of nitrogens with one attached hydrogen (secondary N) is 1. The van der Waals surface area contributed by atoms with Crippen molar-refractivity contribution in [2.24, 2.45) is 0 Å². The average Bonchev–Trinajstić information content (AvgIpc) is 2.90. The molecule has 120 valence electrons. The van der Waals surface area contributed by atoms with Crippen LogP contribution in [0.5, 0.6) is 5.75 Å². The zero-order chi connectivity index (χ0) is 16.2. The molecule has 2 rings (SSSR count). The van der Waals surface area contributed by atoms with E-state index in [1.54, 1.807) is 0 Å². The maximum Gasteiger partial charge on any atom is 0.573 e. The van der Waals surface area contributed by atoms with Crippen LogP contribution in [0.2, 0.25) is 0 Å². The Morgan fingerprint density at radius 3 is 2.59 bits per heavy atom. The highest BCUT2D eigenvalue weighted by Gasteiger charge is 2.31. The molecule has 0 atom stereocenters. The molecule has 0 saturated carbocycles. The zero-order valence-electron chi connectivity index (χ0n) is 11.1. The van der Waals surface area contributed by atoms with Gasteiger partial charge in [0.05, 0.1) is 4.90 Å². The van der Waals surface area contributed by atoms with Crippen LogP contribution >= 0.6 is 11.3 Å². The highest BCUT2D eigenvalue weighted by molar-refractivity contribution is 7.89. The molecule has 0 aliphatic carbocycles. The summed E-state index contributed by atoms with van der Waals surface area (Å²) in [6.45, 7) is 0.160. The first kappa shape index (κ1) is 16.8. The van der Waals surface area contributed by atoms with Gasteiger partial charge in [0, 0.05) is 17.5 Å². The molecule has 1 N–H and O–H groups in total. The number of halogens is 3. The van der Waals surface area contributed by atoms with Gasteiger partial charge in [0.15, 0.2) is 0 Å². The number of hydrogen-bond acceptors (Lipinski definition) is 4. The van der Waals surface area contributed by atoms with Crippen molar-refractivity contribution in [2.45, 2.75) is 17.7 Å². The van der Waals surface area contributed by atoms with Gasteiger partial charge in [0.2, 0.25) is 10.0 Å². The van der Waals surface area contributed by atoms with Crippen molar-refractivity contribution in [3.63, 3.8) is 0 Å². The second-order valence-corrected chi connectivity index (χ2v) is 7.05. The largest absolute Gasteiger partial charge is 0.573 e. The first-order valence-electron chi connectivity index (χ1n) is 6.14. The summed E-state index contributed by atoms with van der Waals surface area (Å²) >= 11 is 1.50. The van der Waals surface area contributed by atoms with Crippen molar-refractivity contribution < 1.29 is 26.3 Å². The third-order valence-corrected chi connectivity index (χ3v) is 4.99. The lowest BCUT2D eigenvalue weighted by atomic mass is 10.3. The van der Waals surface area contributed by atoms with E-state index in [1.807, 2.05) is 17.5 Å². The van der Waals surface area contributed by atoms with Crippen molar-refractivity contribution in [3.8, 4) is 5.75 Å². The van der Waals surface area contributed by atoms with Gasteiger partial charge in [-0.3, -0.25) is 0 Å². The molecular formula is C13H12F3NO3S2. The van der Waals surface area contributed by atoms with E-state index in [1.165, 1.54) is 23.5 Å². The van der Waals surface area contributed by atoms with E-state index in [0.29, 0.717) is 6.42 Å². The monoisotopic (exact) mass is 351 g/mol. The number of benzene rings is 1. The Morgan fingerprint density at radius 1 is 1.18 bits per heavy atom. The number of thiophene rings is 1. The molecule has 1 aromatic carbocycles. The molecule has 1 aromatic heterocycles. The fourth-order valence-electron chi connectivity index (χ4n) is 1.69.